The Hall–Kier alpha value is -1.69. The zero-order chi connectivity index (χ0) is 16.9. The van der Waals surface area contributed by atoms with Crippen LogP contribution in [0.5, 0.6) is 0 Å². The highest BCUT2D eigenvalue weighted by molar-refractivity contribution is 9.10. The molecule has 0 heterocycles. The van der Waals surface area contributed by atoms with Crippen molar-refractivity contribution in [3.63, 3.8) is 0 Å². The van der Waals surface area contributed by atoms with Gasteiger partial charge in [0.15, 0.2) is 0 Å². The smallest absolute Gasteiger partial charge is 0.240 e. The number of rotatable bonds is 10. The van der Waals surface area contributed by atoms with Crippen LogP contribution < -0.4 is 10.7 Å². The number of halogens is 1. The first-order chi connectivity index (χ1) is 11.1. The summed E-state index contributed by atoms with van der Waals surface area (Å²) in [6.45, 7) is 2.82. The molecule has 0 unspecified atom stereocenters. The number of hydrazone groups is 1. The minimum Gasteiger partial charge on any atom is -0.356 e. The molecule has 0 fully saturated rings. The number of hydrogen-bond acceptors (Lipinski definition) is 3. The third kappa shape index (κ3) is 9.84. The molecular weight excluding hydrogens is 358 g/mol. The van der Waals surface area contributed by atoms with Crippen LogP contribution in [0, 0.1) is 0 Å². The van der Waals surface area contributed by atoms with Gasteiger partial charge in [-0.25, -0.2) is 5.43 Å². The van der Waals surface area contributed by atoms with Gasteiger partial charge in [0.25, 0.3) is 0 Å². The summed E-state index contributed by atoms with van der Waals surface area (Å²) in [5.74, 6) is -0.0723. The largest absolute Gasteiger partial charge is 0.356 e. The molecule has 2 amide bonds. The molecule has 0 bridgehead atoms. The Morgan fingerprint density at radius 2 is 1.74 bits per heavy atom. The lowest BCUT2D eigenvalue weighted by Gasteiger charge is -2.04. The third-order valence-corrected chi connectivity index (χ3v) is 3.71. The van der Waals surface area contributed by atoms with Crippen LogP contribution in [0.2, 0.25) is 0 Å². The van der Waals surface area contributed by atoms with E-state index in [0.29, 0.717) is 25.7 Å². The first-order valence-electron chi connectivity index (χ1n) is 7.96. The first-order valence-corrected chi connectivity index (χ1v) is 8.75. The van der Waals surface area contributed by atoms with E-state index in [1.54, 1.807) is 6.21 Å². The highest BCUT2D eigenvalue weighted by atomic mass is 79.9. The zero-order valence-corrected chi connectivity index (χ0v) is 15.1. The Kier molecular flexibility index (Phi) is 9.95. The molecule has 0 radical (unpaired) electrons. The summed E-state index contributed by atoms with van der Waals surface area (Å²) in [4.78, 5) is 23.1. The second-order valence-corrected chi connectivity index (χ2v) is 6.17. The predicted octanol–water partition coefficient (Wildman–Crippen LogP) is 3.38. The first kappa shape index (κ1) is 19.4. The van der Waals surface area contributed by atoms with Crippen molar-refractivity contribution in [3.05, 3.63) is 34.3 Å². The second-order valence-electron chi connectivity index (χ2n) is 5.26. The molecule has 1 aromatic carbocycles. The van der Waals surface area contributed by atoms with Crippen molar-refractivity contribution in [2.45, 2.75) is 45.4 Å². The fourth-order valence-corrected chi connectivity index (χ4v) is 2.11. The fraction of sp³-hybridized carbons (Fsp3) is 0.471. The summed E-state index contributed by atoms with van der Waals surface area (Å²) >= 11 is 3.36. The van der Waals surface area contributed by atoms with E-state index < -0.39 is 0 Å². The molecular formula is C17H24BrN3O2. The molecule has 0 saturated heterocycles. The highest BCUT2D eigenvalue weighted by Gasteiger charge is 2.03. The maximum Gasteiger partial charge on any atom is 0.240 e. The van der Waals surface area contributed by atoms with Crippen LogP contribution in [0.25, 0.3) is 0 Å². The lowest BCUT2D eigenvalue weighted by atomic mass is 10.2. The van der Waals surface area contributed by atoms with Crippen LogP contribution in [-0.4, -0.2) is 24.6 Å². The van der Waals surface area contributed by atoms with Gasteiger partial charge in [-0.2, -0.15) is 5.10 Å². The van der Waals surface area contributed by atoms with Crippen LogP contribution in [0.15, 0.2) is 33.8 Å². The van der Waals surface area contributed by atoms with E-state index in [-0.39, 0.29) is 11.8 Å². The molecule has 5 nitrogen and oxygen atoms in total. The molecule has 126 valence electrons. The maximum absolute atomic E-state index is 11.6. The molecule has 0 aliphatic heterocycles. The Bertz CT molecular complexity index is 515. The van der Waals surface area contributed by atoms with Gasteiger partial charge in [-0.1, -0.05) is 41.4 Å². The summed E-state index contributed by atoms with van der Waals surface area (Å²) in [7, 11) is 0. The molecule has 1 rings (SSSR count). The van der Waals surface area contributed by atoms with Crippen molar-refractivity contribution in [2.75, 3.05) is 6.54 Å². The molecule has 2 N–H and O–H groups in total. The number of benzene rings is 1. The van der Waals surface area contributed by atoms with Crippen LogP contribution >= 0.6 is 15.9 Å². The zero-order valence-electron chi connectivity index (χ0n) is 13.5. The number of amides is 2. The Balaban J connectivity index is 2.10. The number of hydrogen-bond donors (Lipinski definition) is 2. The fourth-order valence-electron chi connectivity index (χ4n) is 1.85. The van der Waals surface area contributed by atoms with Gasteiger partial charge in [0.05, 0.1) is 6.21 Å². The molecule has 0 spiro atoms. The van der Waals surface area contributed by atoms with Crippen LogP contribution in [0.4, 0.5) is 0 Å². The highest BCUT2D eigenvalue weighted by Crippen LogP contribution is 2.08. The van der Waals surface area contributed by atoms with E-state index in [4.69, 9.17) is 0 Å². The van der Waals surface area contributed by atoms with Gasteiger partial charge in [-0.3, -0.25) is 9.59 Å². The number of carbonyl (C=O) groups excluding carboxylic acids is 2. The van der Waals surface area contributed by atoms with Gasteiger partial charge in [-0.15, -0.1) is 0 Å². The molecule has 0 atom stereocenters. The van der Waals surface area contributed by atoms with Gasteiger partial charge in [0.1, 0.15) is 0 Å². The van der Waals surface area contributed by atoms with Gasteiger partial charge >= 0.3 is 0 Å². The summed E-state index contributed by atoms with van der Waals surface area (Å²) in [6.07, 6.45) is 5.92. The molecule has 0 aliphatic carbocycles. The van der Waals surface area contributed by atoms with E-state index in [0.717, 1.165) is 29.4 Å². The third-order valence-electron chi connectivity index (χ3n) is 3.18. The van der Waals surface area contributed by atoms with Crippen LogP contribution in [0.3, 0.4) is 0 Å². The molecule has 1 aromatic rings. The molecule has 0 aliphatic rings. The Labute approximate surface area is 146 Å². The van der Waals surface area contributed by atoms with E-state index in [1.807, 2.05) is 24.3 Å². The summed E-state index contributed by atoms with van der Waals surface area (Å²) in [5, 5.41) is 6.78. The number of unbranched alkanes of at least 4 members (excludes halogenated alkanes) is 2. The minimum absolute atomic E-state index is 0.0621. The topological polar surface area (TPSA) is 70.6 Å². The standard InChI is InChI=1S/C17H24BrN3O2/c1-2-3-12-19-16(22)6-4-5-7-17(23)21-20-13-14-8-10-15(18)11-9-14/h8-11,13H,2-7,12H2,1H3,(H,19,22)(H,21,23). The molecule has 6 heteroatoms. The quantitative estimate of drug-likeness (QED) is 0.370. The van der Waals surface area contributed by atoms with E-state index >= 15 is 0 Å². The number of nitrogens with zero attached hydrogens (tertiary/aromatic N) is 1. The number of carbonyl (C=O) groups is 2. The van der Waals surface area contributed by atoms with E-state index in [9.17, 15) is 9.59 Å². The van der Waals surface area contributed by atoms with Crippen molar-refractivity contribution in [2.24, 2.45) is 5.10 Å². The van der Waals surface area contributed by atoms with Gasteiger partial charge in [-0.05, 0) is 37.0 Å². The monoisotopic (exact) mass is 381 g/mol. The Morgan fingerprint density at radius 3 is 2.39 bits per heavy atom. The van der Waals surface area contributed by atoms with Gasteiger partial charge in [0, 0.05) is 23.9 Å². The van der Waals surface area contributed by atoms with Crippen molar-refractivity contribution in [3.8, 4) is 0 Å². The Morgan fingerprint density at radius 1 is 1.09 bits per heavy atom. The SMILES string of the molecule is CCCCNC(=O)CCCCC(=O)NN=Cc1ccc(Br)cc1. The number of nitrogens with one attached hydrogen (secondary N) is 2. The minimum atomic E-state index is -0.134. The van der Waals surface area contributed by atoms with Crippen molar-refractivity contribution in [1.29, 1.82) is 0 Å². The molecule has 0 saturated carbocycles. The van der Waals surface area contributed by atoms with Crippen LogP contribution in [0.1, 0.15) is 51.0 Å². The molecule has 23 heavy (non-hydrogen) atoms. The summed E-state index contributed by atoms with van der Waals surface area (Å²) in [6, 6.07) is 7.62. The lowest BCUT2D eigenvalue weighted by Crippen LogP contribution is -2.24. The maximum atomic E-state index is 11.6. The van der Waals surface area contributed by atoms with Gasteiger partial charge in [0.2, 0.25) is 11.8 Å². The predicted molar refractivity (Wildman–Crippen MR) is 96.3 cm³/mol. The van der Waals surface area contributed by atoms with Crippen molar-refractivity contribution in [1.82, 2.24) is 10.7 Å². The van der Waals surface area contributed by atoms with E-state index in [1.165, 1.54) is 0 Å². The van der Waals surface area contributed by atoms with Crippen molar-refractivity contribution < 1.29 is 9.59 Å². The average molecular weight is 382 g/mol. The molecule has 0 aromatic heterocycles. The summed E-state index contributed by atoms with van der Waals surface area (Å²) < 4.78 is 0.998. The van der Waals surface area contributed by atoms with Crippen LogP contribution in [-0.2, 0) is 9.59 Å². The normalized spacial score (nSPS) is 10.7. The van der Waals surface area contributed by atoms with Crippen molar-refractivity contribution >= 4 is 34.0 Å². The second kappa shape index (κ2) is 11.8. The summed E-state index contributed by atoms with van der Waals surface area (Å²) in [5.41, 5.74) is 3.41. The average Bonchev–Trinajstić information content (AvgIpc) is 2.54. The van der Waals surface area contributed by atoms with E-state index in [2.05, 4.69) is 38.7 Å². The van der Waals surface area contributed by atoms with Gasteiger partial charge < -0.3 is 5.32 Å². The lowest BCUT2D eigenvalue weighted by molar-refractivity contribution is -0.123.